The fraction of sp³-hybridized carbons (Fsp3) is 0.412. The molecule has 0 saturated carbocycles. The number of benzene rings is 1. The van der Waals surface area contributed by atoms with Crippen molar-refractivity contribution < 1.29 is 14.5 Å². The van der Waals surface area contributed by atoms with E-state index < -0.39 is 4.92 Å². The van der Waals surface area contributed by atoms with Crippen LogP contribution in [0.1, 0.15) is 33.3 Å². The molecule has 0 heterocycles. The predicted octanol–water partition coefficient (Wildman–Crippen LogP) is 3.02. The minimum atomic E-state index is -0.587. The number of hydrogen-bond acceptors (Lipinski definition) is 4. The average Bonchev–Trinajstić information content (AvgIpc) is 2.49. The fourth-order valence-electron chi connectivity index (χ4n) is 2.02. The number of nitro benzene ring substituents is 1. The van der Waals surface area contributed by atoms with E-state index in [2.05, 4.69) is 5.32 Å². The van der Waals surface area contributed by atoms with Gasteiger partial charge < -0.3 is 10.2 Å². The highest BCUT2D eigenvalue weighted by molar-refractivity contribution is 6.32. The minimum Gasteiger partial charge on any atom is -0.350 e. The number of amides is 2. The predicted molar refractivity (Wildman–Crippen MR) is 97.3 cm³/mol. The Morgan fingerprint density at radius 3 is 2.52 bits per heavy atom. The van der Waals surface area contributed by atoms with Crippen LogP contribution in [0.3, 0.4) is 0 Å². The van der Waals surface area contributed by atoms with Crippen LogP contribution in [-0.4, -0.2) is 40.3 Å². The highest BCUT2D eigenvalue weighted by atomic mass is 35.5. The van der Waals surface area contributed by atoms with Crippen LogP contribution in [0, 0.1) is 10.1 Å². The summed E-state index contributed by atoms with van der Waals surface area (Å²) >= 11 is 5.75. The number of nitrogens with one attached hydrogen (secondary N) is 1. The van der Waals surface area contributed by atoms with Gasteiger partial charge in [0.2, 0.25) is 11.8 Å². The Morgan fingerprint density at radius 2 is 2.00 bits per heavy atom. The molecule has 0 radical (unpaired) electrons. The van der Waals surface area contributed by atoms with Gasteiger partial charge in [0.25, 0.3) is 5.69 Å². The largest absolute Gasteiger partial charge is 0.350 e. The number of nitro groups is 1. The summed E-state index contributed by atoms with van der Waals surface area (Å²) in [5.74, 6) is -0.609. The van der Waals surface area contributed by atoms with Gasteiger partial charge in [-0.25, -0.2) is 0 Å². The van der Waals surface area contributed by atoms with E-state index in [-0.39, 0.29) is 34.6 Å². The molecule has 0 spiro atoms. The lowest BCUT2D eigenvalue weighted by Gasteiger charge is -2.24. The van der Waals surface area contributed by atoms with Crippen LogP contribution in [0.5, 0.6) is 0 Å². The van der Waals surface area contributed by atoms with E-state index in [1.165, 1.54) is 29.2 Å². The topological polar surface area (TPSA) is 92.6 Å². The Bertz CT molecular complexity index is 696. The third kappa shape index (κ3) is 6.93. The zero-order valence-corrected chi connectivity index (χ0v) is 15.5. The molecule has 136 valence electrons. The molecule has 0 fully saturated rings. The molecule has 1 N–H and O–H groups in total. The molecule has 0 saturated heterocycles. The van der Waals surface area contributed by atoms with Crippen LogP contribution in [0.15, 0.2) is 24.3 Å². The number of halogens is 1. The smallest absolute Gasteiger partial charge is 0.288 e. The Balaban J connectivity index is 2.81. The van der Waals surface area contributed by atoms with Gasteiger partial charge in [-0.1, -0.05) is 17.7 Å². The first-order chi connectivity index (χ1) is 11.5. The molecule has 0 aliphatic heterocycles. The summed E-state index contributed by atoms with van der Waals surface area (Å²) in [7, 11) is 0. The number of nitrogens with zero attached hydrogens (tertiary/aromatic N) is 2. The quantitative estimate of drug-likeness (QED) is 0.475. The molecule has 2 amide bonds. The van der Waals surface area contributed by atoms with Gasteiger partial charge in [-0.2, -0.15) is 0 Å². The lowest BCUT2D eigenvalue weighted by Crippen LogP contribution is -2.47. The lowest BCUT2D eigenvalue weighted by molar-refractivity contribution is -0.384. The highest BCUT2D eigenvalue weighted by Gasteiger charge is 2.18. The Kier molecular flexibility index (Phi) is 7.11. The summed E-state index contributed by atoms with van der Waals surface area (Å²) in [6.45, 7) is 7.64. The number of rotatable bonds is 6. The van der Waals surface area contributed by atoms with Crippen LogP contribution in [0.4, 0.5) is 5.69 Å². The Morgan fingerprint density at radius 1 is 1.36 bits per heavy atom. The summed E-state index contributed by atoms with van der Waals surface area (Å²) in [6.07, 6.45) is 2.73. The first kappa shape index (κ1) is 20.6. The summed E-state index contributed by atoms with van der Waals surface area (Å²) in [6, 6.07) is 4.26. The van der Waals surface area contributed by atoms with E-state index in [9.17, 15) is 19.7 Å². The summed E-state index contributed by atoms with van der Waals surface area (Å²) in [5, 5.41) is 13.7. The molecular formula is C17H22ClN3O4. The molecule has 1 aromatic carbocycles. The van der Waals surface area contributed by atoms with Crippen molar-refractivity contribution in [2.75, 3.05) is 13.1 Å². The molecule has 1 aromatic rings. The number of carbonyl (C=O) groups excluding carboxylic acids is 2. The highest BCUT2D eigenvalue weighted by Crippen LogP contribution is 2.25. The molecule has 8 heteroatoms. The van der Waals surface area contributed by atoms with Crippen molar-refractivity contribution in [3.8, 4) is 0 Å². The lowest BCUT2D eigenvalue weighted by atomic mass is 10.1. The SMILES string of the molecule is CCN(CC(=O)NC(C)(C)C)C(=O)/C=C/c1ccc(Cl)c([N+](=O)[O-])c1. The van der Waals surface area contributed by atoms with Crippen molar-refractivity contribution in [2.24, 2.45) is 0 Å². The summed E-state index contributed by atoms with van der Waals surface area (Å²) < 4.78 is 0. The van der Waals surface area contributed by atoms with Gasteiger partial charge in [0, 0.05) is 24.2 Å². The van der Waals surface area contributed by atoms with Crippen LogP contribution < -0.4 is 5.32 Å². The average molecular weight is 368 g/mol. The van der Waals surface area contributed by atoms with E-state index in [4.69, 9.17) is 11.6 Å². The Labute approximate surface area is 151 Å². The van der Waals surface area contributed by atoms with Crippen LogP contribution in [0.2, 0.25) is 5.02 Å². The van der Waals surface area contributed by atoms with E-state index in [1.54, 1.807) is 13.0 Å². The second kappa shape index (κ2) is 8.62. The molecule has 0 atom stereocenters. The fourth-order valence-corrected chi connectivity index (χ4v) is 2.21. The summed E-state index contributed by atoms with van der Waals surface area (Å²) in [4.78, 5) is 35.8. The van der Waals surface area contributed by atoms with Gasteiger partial charge in [-0.05, 0) is 45.4 Å². The standard InChI is InChI=1S/C17H22ClN3O4/c1-5-20(11-15(22)19-17(2,3)4)16(23)9-7-12-6-8-13(18)14(10-12)21(24)25/h6-10H,5,11H2,1-4H3,(H,19,22)/b9-7+. The van der Waals surface area contributed by atoms with Gasteiger partial charge in [0.15, 0.2) is 0 Å². The van der Waals surface area contributed by atoms with Crippen LogP contribution in [-0.2, 0) is 9.59 Å². The second-order valence-electron chi connectivity index (χ2n) is 6.45. The van der Waals surface area contributed by atoms with E-state index in [0.29, 0.717) is 12.1 Å². The van der Waals surface area contributed by atoms with Crippen LogP contribution >= 0.6 is 11.6 Å². The van der Waals surface area contributed by atoms with E-state index >= 15 is 0 Å². The summed E-state index contributed by atoms with van der Waals surface area (Å²) in [5.41, 5.74) is -0.134. The van der Waals surface area contributed by atoms with Gasteiger partial charge >= 0.3 is 0 Å². The molecular weight excluding hydrogens is 346 g/mol. The van der Waals surface area contributed by atoms with Crippen molar-refractivity contribution in [1.29, 1.82) is 0 Å². The molecule has 0 aromatic heterocycles. The first-order valence-corrected chi connectivity index (χ1v) is 8.13. The molecule has 25 heavy (non-hydrogen) atoms. The third-order valence-electron chi connectivity index (χ3n) is 3.13. The number of hydrogen-bond donors (Lipinski definition) is 1. The monoisotopic (exact) mass is 367 g/mol. The second-order valence-corrected chi connectivity index (χ2v) is 6.86. The maximum absolute atomic E-state index is 12.2. The van der Waals surface area contributed by atoms with Gasteiger partial charge in [0.05, 0.1) is 11.5 Å². The molecule has 0 aliphatic rings. The van der Waals surface area contributed by atoms with Crippen LogP contribution in [0.25, 0.3) is 6.08 Å². The van der Waals surface area contributed by atoms with Gasteiger partial charge in [-0.3, -0.25) is 19.7 Å². The number of carbonyl (C=O) groups is 2. The molecule has 0 bridgehead atoms. The minimum absolute atomic E-state index is 0.0301. The molecule has 1 rings (SSSR count). The zero-order valence-electron chi connectivity index (χ0n) is 14.7. The van der Waals surface area contributed by atoms with Gasteiger partial charge in [0.1, 0.15) is 5.02 Å². The molecule has 0 aliphatic carbocycles. The van der Waals surface area contributed by atoms with Crippen molar-refractivity contribution in [3.63, 3.8) is 0 Å². The van der Waals surface area contributed by atoms with E-state index in [0.717, 1.165) is 0 Å². The maximum atomic E-state index is 12.2. The van der Waals surface area contributed by atoms with Crippen molar-refractivity contribution in [2.45, 2.75) is 33.2 Å². The van der Waals surface area contributed by atoms with E-state index in [1.807, 2.05) is 20.8 Å². The maximum Gasteiger partial charge on any atom is 0.288 e. The first-order valence-electron chi connectivity index (χ1n) is 7.75. The normalized spacial score (nSPS) is 11.4. The van der Waals surface area contributed by atoms with Gasteiger partial charge in [-0.15, -0.1) is 0 Å². The van der Waals surface area contributed by atoms with Crippen molar-refractivity contribution >= 4 is 35.2 Å². The van der Waals surface area contributed by atoms with Crippen molar-refractivity contribution in [1.82, 2.24) is 10.2 Å². The third-order valence-corrected chi connectivity index (χ3v) is 3.45. The Hall–Kier alpha value is -2.41. The molecule has 0 unspecified atom stereocenters. The van der Waals surface area contributed by atoms with Crippen molar-refractivity contribution in [3.05, 3.63) is 45.0 Å². The molecule has 7 nitrogen and oxygen atoms in total. The zero-order chi connectivity index (χ0) is 19.2. The number of likely N-dealkylation sites (N-methyl/N-ethyl adjacent to an activating group) is 1.